The number of methoxy groups -OCH3 is 1. The van der Waals surface area contributed by atoms with Gasteiger partial charge < -0.3 is 14.2 Å². The largest absolute Gasteiger partial charge is 0.498 e. The number of halogens is 2. The molecule has 0 spiro atoms. The average Bonchev–Trinajstić information content (AvgIpc) is 2.83. The lowest BCUT2D eigenvalue weighted by atomic mass is 9.99. The molecule has 0 aromatic heterocycles. The fourth-order valence-corrected chi connectivity index (χ4v) is 2.77. The molecule has 1 aliphatic rings. The van der Waals surface area contributed by atoms with Crippen LogP contribution in [0.25, 0.3) is 0 Å². The van der Waals surface area contributed by atoms with Crippen molar-refractivity contribution >= 4 is 0 Å². The molecule has 5 heteroatoms. The zero-order valence-corrected chi connectivity index (χ0v) is 21.1. The summed E-state index contributed by atoms with van der Waals surface area (Å²) in [5.41, 5.74) is 0.955. The van der Waals surface area contributed by atoms with Crippen LogP contribution in [-0.4, -0.2) is 26.4 Å². The maximum Gasteiger partial charge on any atom is 0.196 e. The van der Waals surface area contributed by atoms with Crippen LogP contribution in [0.15, 0.2) is 59.1 Å². The lowest BCUT2D eigenvalue weighted by molar-refractivity contribution is -0.0117. The summed E-state index contributed by atoms with van der Waals surface area (Å²) in [6.07, 6.45) is 7.87. The Labute approximate surface area is 189 Å². The highest BCUT2D eigenvalue weighted by atomic mass is 19.2. The molecule has 0 bridgehead atoms. The zero-order chi connectivity index (χ0) is 24.4. The van der Waals surface area contributed by atoms with Crippen LogP contribution >= 0.6 is 0 Å². The minimum atomic E-state index is -0.964. The molecular weight excluding hydrogens is 398 g/mol. The molecular formula is C26H44F2O3. The first-order valence-corrected chi connectivity index (χ1v) is 11.4. The number of rotatable bonds is 9. The lowest BCUT2D eigenvalue weighted by Gasteiger charge is -2.27. The number of ether oxygens (including phenoxy) is 3. The minimum Gasteiger partial charge on any atom is -0.498 e. The fourth-order valence-electron chi connectivity index (χ4n) is 2.77. The van der Waals surface area contributed by atoms with E-state index in [4.69, 9.17) is 14.2 Å². The third kappa shape index (κ3) is 11.9. The van der Waals surface area contributed by atoms with Crippen molar-refractivity contribution in [1.29, 1.82) is 0 Å². The maximum atomic E-state index is 14.4. The summed E-state index contributed by atoms with van der Waals surface area (Å²) >= 11 is 0. The summed E-state index contributed by atoms with van der Waals surface area (Å²) in [4.78, 5) is 0. The van der Waals surface area contributed by atoms with Gasteiger partial charge in [0.25, 0.3) is 0 Å². The Morgan fingerprint density at radius 2 is 1.65 bits per heavy atom. The van der Waals surface area contributed by atoms with Crippen molar-refractivity contribution in [1.82, 2.24) is 0 Å². The van der Waals surface area contributed by atoms with Gasteiger partial charge in [-0.2, -0.15) is 0 Å². The van der Waals surface area contributed by atoms with Gasteiger partial charge >= 0.3 is 0 Å². The summed E-state index contributed by atoms with van der Waals surface area (Å²) in [5.74, 6) is -0.841. The Balaban J connectivity index is 0. The molecule has 1 fully saturated rings. The van der Waals surface area contributed by atoms with Gasteiger partial charge in [-0.25, -0.2) is 8.78 Å². The smallest absolute Gasteiger partial charge is 0.196 e. The molecule has 0 aromatic rings. The molecule has 0 amide bonds. The van der Waals surface area contributed by atoms with Gasteiger partial charge in [0.15, 0.2) is 11.7 Å². The van der Waals surface area contributed by atoms with E-state index in [-0.39, 0.29) is 11.9 Å². The van der Waals surface area contributed by atoms with Crippen LogP contribution in [-0.2, 0) is 14.2 Å². The summed E-state index contributed by atoms with van der Waals surface area (Å²) in [7, 11) is 1.31. The van der Waals surface area contributed by atoms with Crippen LogP contribution < -0.4 is 0 Å². The predicted molar refractivity (Wildman–Crippen MR) is 128 cm³/mol. The molecule has 2 atom stereocenters. The number of allylic oxidation sites excluding steroid dienone is 8. The molecule has 2 unspecified atom stereocenters. The van der Waals surface area contributed by atoms with Crippen molar-refractivity contribution in [3.63, 3.8) is 0 Å². The third-order valence-corrected chi connectivity index (χ3v) is 4.69. The van der Waals surface area contributed by atoms with Crippen molar-refractivity contribution in [2.45, 2.75) is 80.8 Å². The van der Waals surface area contributed by atoms with Gasteiger partial charge in [-0.15, -0.1) is 6.58 Å². The molecule has 1 aliphatic heterocycles. The second-order valence-electron chi connectivity index (χ2n) is 6.71. The summed E-state index contributed by atoms with van der Waals surface area (Å²) in [5, 5.41) is 0. The molecule has 1 saturated heterocycles. The first kappa shape index (κ1) is 31.3. The Kier molecular flexibility index (Phi) is 19.0. The highest BCUT2D eigenvalue weighted by Crippen LogP contribution is 2.28. The summed E-state index contributed by atoms with van der Waals surface area (Å²) in [6.45, 7) is 19.8. The van der Waals surface area contributed by atoms with Gasteiger partial charge in [-0.3, -0.25) is 0 Å². The van der Waals surface area contributed by atoms with Crippen molar-refractivity contribution in [2.75, 3.05) is 20.3 Å². The van der Waals surface area contributed by atoms with Gasteiger partial charge in [-0.1, -0.05) is 46.8 Å². The minimum absolute atomic E-state index is 0.0744. The zero-order valence-electron chi connectivity index (χ0n) is 21.1. The molecule has 0 radical (unpaired) electrons. The first-order chi connectivity index (χ1) is 14.8. The Hall–Kier alpha value is -1.88. The van der Waals surface area contributed by atoms with E-state index in [2.05, 4.69) is 6.58 Å². The predicted octanol–water partition coefficient (Wildman–Crippen LogP) is 8.37. The van der Waals surface area contributed by atoms with E-state index >= 15 is 0 Å². The average molecular weight is 443 g/mol. The SMILES string of the molecule is C=CC1CCC(CO/C(C)=C/C=C(C)/C(CC)=C(F)/C(F)=C(\C)OC)CO1.CC.CC. The molecule has 180 valence electrons. The van der Waals surface area contributed by atoms with Gasteiger partial charge in [0.2, 0.25) is 0 Å². The van der Waals surface area contributed by atoms with Crippen LogP contribution in [0.1, 0.15) is 74.7 Å². The molecule has 1 rings (SSSR count). The van der Waals surface area contributed by atoms with Gasteiger partial charge in [0.1, 0.15) is 5.76 Å². The maximum absolute atomic E-state index is 14.4. The second-order valence-corrected chi connectivity index (χ2v) is 6.71. The highest BCUT2D eigenvalue weighted by molar-refractivity contribution is 5.40. The standard InChI is InChI=1S/C22H32F2O3.2C2H6/c1-7-19-12-11-18(14-27-19)13-26-16(4)10-9-15(3)20(8-2)22(24)21(23)17(5)25-6;2*1-2/h7,9-10,18-19H,1,8,11-14H2,2-6H3;2*1-2H3/b15-9+,16-10+,21-17-,22-20-;;. The van der Waals surface area contributed by atoms with Crippen LogP contribution in [0.3, 0.4) is 0 Å². The summed E-state index contributed by atoms with van der Waals surface area (Å²) in [6, 6.07) is 0. The summed E-state index contributed by atoms with van der Waals surface area (Å²) < 4.78 is 44.6. The van der Waals surface area contributed by atoms with Crippen LogP contribution in [0, 0.1) is 5.92 Å². The van der Waals surface area contributed by atoms with Crippen molar-refractivity contribution in [3.8, 4) is 0 Å². The van der Waals surface area contributed by atoms with Crippen molar-refractivity contribution in [2.24, 2.45) is 5.92 Å². The Bertz CT molecular complexity index is 623. The molecule has 0 aromatic carbocycles. The normalized spacial score (nSPS) is 20.7. The van der Waals surface area contributed by atoms with E-state index in [1.807, 2.05) is 40.7 Å². The topological polar surface area (TPSA) is 27.7 Å². The third-order valence-electron chi connectivity index (χ3n) is 4.69. The first-order valence-electron chi connectivity index (χ1n) is 11.4. The molecule has 0 aliphatic carbocycles. The van der Waals surface area contributed by atoms with Crippen LogP contribution in [0.2, 0.25) is 0 Å². The molecule has 3 nitrogen and oxygen atoms in total. The lowest BCUT2D eigenvalue weighted by Crippen LogP contribution is -2.27. The molecule has 31 heavy (non-hydrogen) atoms. The molecule has 0 saturated carbocycles. The van der Waals surface area contributed by atoms with E-state index in [9.17, 15) is 8.78 Å². The van der Waals surface area contributed by atoms with Crippen molar-refractivity contribution in [3.05, 3.63) is 59.1 Å². The Morgan fingerprint density at radius 1 is 1.03 bits per heavy atom. The van der Waals surface area contributed by atoms with E-state index in [0.29, 0.717) is 36.7 Å². The number of hydrogen-bond donors (Lipinski definition) is 0. The molecule has 1 heterocycles. The van der Waals surface area contributed by atoms with Gasteiger partial charge in [-0.05, 0) is 57.3 Å². The molecule has 0 N–H and O–H groups in total. The van der Waals surface area contributed by atoms with Crippen LogP contribution in [0.4, 0.5) is 8.78 Å². The Morgan fingerprint density at radius 3 is 2.10 bits per heavy atom. The second kappa shape index (κ2) is 18.9. The monoisotopic (exact) mass is 442 g/mol. The van der Waals surface area contributed by atoms with Gasteiger partial charge in [0.05, 0.1) is 32.2 Å². The van der Waals surface area contributed by atoms with E-state index in [1.54, 1.807) is 26.0 Å². The van der Waals surface area contributed by atoms with E-state index in [1.165, 1.54) is 14.0 Å². The van der Waals surface area contributed by atoms with Crippen LogP contribution in [0.5, 0.6) is 0 Å². The fraction of sp³-hybridized carbons (Fsp3) is 0.615. The number of hydrogen-bond acceptors (Lipinski definition) is 3. The van der Waals surface area contributed by atoms with E-state index in [0.717, 1.165) is 18.6 Å². The quantitative estimate of drug-likeness (QED) is 0.204. The highest BCUT2D eigenvalue weighted by Gasteiger charge is 2.20. The van der Waals surface area contributed by atoms with E-state index < -0.39 is 11.7 Å². The van der Waals surface area contributed by atoms with Gasteiger partial charge in [0, 0.05) is 5.92 Å². The van der Waals surface area contributed by atoms with Crippen molar-refractivity contribution < 1.29 is 23.0 Å².